The van der Waals surface area contributed by atoms with Crippen molar-refractivity contribution in [3.05, 3.63) is 41.0 Å². The number of nitrogens with one attached hydrogen (secondary N) is 2. The maximum absolute atomic E-state index is 13.2. The zero-order valence-corrected chi connectivity index (χ0v) is 16.6. The van der Waals surface area contributed by atoms with Crippen LogP contribution >= 0.6 is 0 Å². The molecule has 3 N–H and O–H groups in total. The second kappa shape index (κ2) is 7.33. The molecule has 2 heterocycles. The number of hydrogen-bond donors (Lipinski definition) is 3. The first-order chi connectivity index (χ1) is 13.4. The predicted molar refractivity (Wildman–Crippen MR) is 107 cm³/mol. The first-order valence-electron chi connectivity index (χ1n) is 10.2. The number of amides is 2. The van der Waals surface area contributed by atoms with Gasteiger partial charge in [0.25, 0.3) is 0 Å². The van der Waals surface area contributed by atoms with Crippen LogP contribution in [0.4, 0.5) is 0 Å². The van der Waals surface area contributed by atoms with Gasteiger partial charge in [0.15, 0.2) is 0 Å². The molecule has 2 fully saturated rings. The Morgan fingerprint density at radius 1 is 1.29 bits per heavy atom. The molecule has 3 aliphatic rings. The summed E-state index contributed by atoms with van der Waals surface area (Å²) in [6.45, 7) is 6.18. The van der Waals surface area contributed by atoms with E-state index >= 15 is 0 Å². The van der Waals surface area contributed by atoms with Gasteiger partial charge in [-0.1, -0.05) is 29.8 Å². The largest absolute Gasteiger partial charge is 0.337 e. The van der Waals surface area contributed by atoms with E-state index in [0.717, 1.165) is 25.8 Å². The van der Waals surface area contributed by atoms with Gasteiger partial charge < -0.3 is 10.2 Å². The van der Waals surface area contributed by atoms with E-state index in [1.165, 1.54) is 22.3 Å². The van der Waals surface area contributed by atoms with Crippen molar-refractivity contribution in [1.29, 1.82) is 0 Å². The normalized spacial score (nSPS) is 26.0. The van der Waals surface area contributed by atoms with Crippen LogP contribution in [0.5, 0.6) is 0 Å². The van der Waals surface area contributed by atoms with E-state index in [1.54, 1.807) is 5.48 Å². The van der Waals surface area contributed by atoms with E-state index in [-0.39, 0.29) is 11.3 Å². The Hall–Kier alpha value is -2.18. The molecule has 2 amide bonds. The summed E-state index contributed by atoms with van der Waals surface area (Å²) in [5, 5.41) is 12.4. The third-order valence-corrected chi connectivity index (χ3v) is 6.68. The first-order valence-corrected chi connectivity index (χ1v) is 10.2. The predicted octanol–water partition coefficient (Wildman–Crippen LogP) is 2.18. The van der Waals surface area contributed by atoms with Crippen LogP contribution in [-0.2, 0) is 9.59 Å². The number of aryl methyl sites for hydroxylation is 2. The van der Waals surface area contributed by atoms with Crippen LogP contribution in [0.3, 0.4) is 0 Å². The maximum Gasteiger partial charge on any atom is 0.248 e. The zero-order chi connectivity index (χ0) is 19.9. The molecule has 0 bridgehead atoms. The molecule has 28 heavy (non-hydrogen) atoms. The standard InChI is InChI=1S/C22H29N3O3/c1-14-3-4-15(2)17(11-14)16-5-9-25(10-6-16)21(27)19-18(20(26)24-28)12-22(7-8-22)13-23-19/h3-5,11,18-19,23,28H,6-10,12-13H2,1-2H3,(H,24,26). The lowest BCUT2D eigenvalue weighted by Crippen LogP contribution is -2.59. The van der Waals surface area contributed by atoms with Crippen LogP contribution in [0.2, 0.25) is 0 Å². The fourth-order valence-electron chi connectivity index (χ4n) is 4.66. The molecule has 1 saturated carbocycles. The number of rotatable bonds is 3. The summed E-state index contributed by atoms with van der Waals surface area (Å²) in [4.78, 5) is 27.2. The highest BCUT2D eigenvalue weighted by Gasteiger charge is 2.52. The number of benzene rings is 1. The molecule has 4 rings (SSSR count). The number of piperidine rings is 1. The van der Waals surface area contributed by atoms with Crippen molar-refractivity contribution in [2.45, 2.75) is 45.6 Å². The summed E-state index contributed by atoms with van der Waals surface area (Å²) in [5.41, 5.74) is 6.94. The minimum atomic E-state index is -0.561. The molecule has 0 radical (unpaired) electrons. The number of carbonyl (C=O) groups is 2. The lowest BCUT2D eigenvalue weighted by Gasteiger charge is -2.38. The van der Waals surface area contributed by atoms with Gasteiger partial charge in [-0.3, -0.25) is 14.8 Å². The van der Waals surface area contributed by atoms with Crippen molar-refractivity contribution in [1.82, 2.24) is 15.7 Å². The Morgan fingerprint density at radius 3 is 2.71 bits per heavy atom. The van der Waals surface area contributed by atoms with E-state index in [4.69, 9.17) is 5.21 Å². The summed E-state index contributed by atoms with van der Waals surface area (Å²) in [6.07, 6.45) is 5.78. The first kappa shape index (κ1) is 19.2. The topological polar surface area (TPSA) is 81.7 Å². The molecular weight excluding hydrogens is 354 g/mol. The van der Waals surface area contributed by atoms with Crippen LogP contribution in [0.1, 0.15) is 42.4 Å². The summed E-state index contributed by atoms with van der Waals surface area (Å²) in [7, 11) is 0. The highest BCUT2D eigenvalue weighted by molar-refractivity contribution is 5.90. The molecule has 1 aromatic carbocycles. The molecule has 1 spiro atoms. The number of hydrogen-bond acceptors (Lipinski definition) is 4. The quantitative estimate of drug-likeness (QED) is 0.552. The Morgan fingerprint density at radius 2 is 2.07 bits per heavy atom. The van der Waals surface area contributed by atoms with E-state index in [2.05, 4.69) is 43.4 Å². The molecule has 1 aromatic rings. The zero-order valence-electron chi connectivity index (χ0n) is 16.6. The summed E-state index contributed by atoms with van der Waals surface area (Å²) >= 11 is 0. The summed E-state index contributed by atoms with van der Waals surface area (Å²) in [5.74, 6) is -1.01. The highest BCUT2D eigenvalue weighted by atomic mass is 16.5. The van der Waals surface area contributed by atoms with Crippen molar-refractivity contribution in [3.8, 4) is 0 Å². The van der Waals surface area contributed by atoms with Crippen LogP contribution in [0.15, 0.2) is 24.3 Å². The van der Waals surface area contributed by atoms with E-state index < -0.39 is 17.9 Å². The Kier molecular flexibility index (Phi) is 5.02. The molecule has 1 saturated heterocycles. The molecular formula is C22H29N3O3. The van der Waals surface area contributed by atoms with Gasteiger partial charge in [-0.25, -0.2) is 5.48 Å². The van der Waals surface area contributed by atoms with Gasteiger partial charge in [-0.15, -0.1) is 0 Å². The minimum Gasteiger partial charge on any atom is -0.337 e. The lowest BCUT2D eigenvalue weighted by atomic mass is 9.81. The summed E-state index contributed by atoms with van der Waals surface area (Å²) < 4.78 is 0. The third-order valence-electron chi connectivity index (χ3n) is 6.68. The maximum atomic E-state index is 13.2. The molecule has 2 atom stereocenters. The Labute approximate surface area is 165 Å². The second-order valence-corrected chi connectivity index (χ2v) is 8.73. The SMILES string of the molecule is Cc1ccc(C)c(C2=CCN(C(=O)C3NCC4(CC4)CC3C(=O)NO)CC2)c1. The van der Waals surface area contributed by atoms with Crippen molar-refractivity contribution >= 4 is 17.4 Å². The van der Waals surface area contributed by atoms with E-state index in [1.807, 2.05) is 4.90 Å². The van der Waals surface area contributed by atoms with Crippen molar-refractivity contribution in [2.24, 2.45) is 11.3 Å². The number of hydroxylamine groups is 1. The van der Waals surface area contributed by atoms with Gasteiger partial charge in [0.1, 0.15) is 0 Å². The van der Waals surface area contributed by atoms with Crippen LogP contribution in [-0.4, -0.2) is 47.6 Å². The molecule has 2 unspecified atom stereocenters. The molecule has 2 aliphatic heterocycles. The van der Waals surface area contributed by atoms with Crippen molar-refractivity contribution < 1.29 is 14.8 Å². The lowest BCUT2D eigenvalue weighted by molar-refractivity contribution is -0.144. The van der Waals surface area contributed by atoms with Crippen LogP contribution in [0.25, 0.3) is 5.57 Å². The highest BCUT2D eigenvalue weighted by Crippen LogP contribution is 2.52. The second-order valence-electron chi connectivity index (χ2n) is 8.73. The Bertz CT molecular complexity index is 828. The van der Waals surface area contributed by atoms with Crippen molar-refractivity contribution in [2.75, 3.05) is 19.6 Å². The Balaban J connectivity index is 1.47. The van der Waals surface area contributed by atoms with Gasteiger partial charge in [0.05, 0.1) is 12.0 Å². The van der Waals surface area contributed by atoms with Crippen LogP contribution < -0.4 is 10.8 Å². The van der Waals surface area contributed by atoms with E-state index in [0.29, 0.717) is 19.5 Å². The van der Waals surface area contributed by atoms with E-state index in [9.17, 15) is 9.59 Å². The average Bonchev–Trinajstić information content (AvgIpc) is 3.47. The minimum absolute atomic E-state index is 0.0413. The fraction of sp³-hybridized carbons (Fsp3) is 0.545. The molecule has 6 nitrogen and oxygen atoms in total. The van der Waals surface area contributed by atoms with Gasteiger partial charge in [0.2, 0.25) is 11.8 Å². The smallest absolute Gasteiger partial charge is 0.248 e. The summed E-state index contributed by atoms with van der Waals surface area (Å²) in [6, 6.07) is 5.90. The fourth-order valence-corrected chi connectivity index (χ4v) is 4.66. The molecule has 1 aliphatic carbocycles. The van der Waals surface area contributed by atoms with Crippen molar-refractivity contribution in [3.63, 3.8) is 0 Å². The van der Waals surface area contributed by atoms with Gasteiger partial charge in [-0.05, 0) is 61.6 Å². The third kappa shape index (κ3) is 3.59. The molecule has 0 aromatic heterocycles. The monoisotopic (exact) mass is 383 g/mol. The van der Waals surface area contributed by atoms with Crippen LogP contribution in [0, 0.1) is 25.2 Å². The molecule has 150 valence electrons. The molecule has 6 heteroatoms. The number of nitrogens with zero attached hydrogens (tertiary/aromatic N) is 1. The van der Waals surface area contributed by atoms with Gasteiger partial charge >= 0.3 is 0 Å². The number of carbonyl (C=O) groups excluding carboxylic acids is 2. The van der Waals surface area contributed by atoms with Gasteiger partial charge in [-0.2, -0.15) is 0 Å². The average molecular weight is 383 g/mol. The van der Waals surface area contributed by atoms with Gasteiger partial charge in [0, 0.05) is 19.6 Å².